The lowest BCUT2D eigenvalue weighted by molar-refractivity contribution is -0.384. The second kappa shape index (κ2) is 4.45. The molecular formula is C9H3ClN4O2S. The Bertz CT molecular complexity index is 634. The van der Waals surface area contributed by atoms with Gasteiger partial charge in [0.05, 0.1) is 9.80 Å². The number of nitrogens with zero attached hydrogens (tertiary/aromatic N) is 4. The molecule has 8 heteroatoms. The molecule has 17 heavy (non-hydrogen) atoms. The van der Waals surface area contributed by atoms with Crippen LogP contribution in [0.5, 0.6) is 0 Å². The molecule has 2 rings (SSSR count). The van der Waals surface area contributed by atoms with Gasteiger partial charge in [-0.1, -0.05) is 0 Å². The summed E-state index contributed by atoms with van der Waals surface area (Å²) in [4.78, 5) is 18.6. The number of hydrogen-bond acceptors (Lipinski definition) is 6. The number of nitriles is 1. The fourth-order valence-electron chi connectivity index (χ4n) is 1.19. The van der Waals surface area contributed by atoms with Crippen molar-refractivity contribution in [2.75, 3.05) is 0 Å². The Morgan fingerprint density at radius 2 is 2.29 bits per heavy atom. The van der Waals surface area contributed by atoms with E-state index in [1.807, 2.05) is 6.07 Å². The maximum atomic E-state index is 10.8. The van der Waals surface area contributed by atoms with E-state index in [0.717, 1.165) is 17.5 Å². The molecule has 0 atom stereocenters. The standard InChI is InChI=1S/C9H3ClN4O2S/c10-9-12-4-6(14(15)16)8(13-9)7-2-1-5(3-11)17-7/h1-2,4H. The number of rotatable bonds is 2. The first kappa shape index (κ1) is 11.4. The second-order valence-electron chi connectivity index (χ2n) is 2.91. The first-order valence-electron chi connectivity index (χ1n) is 4.29. The van der Waals surface area contributed by atoms with Crippen molar-refractivity contribution in [3.63, 3.8) is 0 Å². The predicted octanol–water partition coefficient (Wildman–Crippen LogP) is 2.64. The zero-order valence-electron chi connectivity index (χ0n) is 8.12. The molecule has 0 aliphatic carbocycles. The third kappa shape index (κ3) is 2.22. The van der Waals surface area contributed by atoms with Gasteiger partial charge in [0, 0.05) is 0 Å². The lowest BCUT2D eigenvalue weighted by atomic mass is 10.3. The molecule has 0 aliphatic rings. The van der Waals surface area contributed by atoms with Crippen LogP contribution in [-0.4, -0.2) is 14.9 Å². The molecule has 0 amide bonds. The highest BCUT2D eigenvalue weighted by Crippen LogP contribution is 2.33. The summed E-state index contributed by atoms with van der Waals surface area (Å²) in [6.07, 6.45) is 1.05. The molecule has 0 N–H and O–H groups in total. The molecule has 0 aliphatic heterocycles. The van der Waals surface area contributed by atoms with Gasteiger partial charge in [0.2, 0.25) is 5.28 Å². The summed E-state index contributed by atoms with van der Waals surface area (Å²) in [7, 11) is 0. The fourth-order valence-corrected chi connectivity index (χ4v) is 2.13. The maximum Gasteiger partial charge on any atom is 0.314 e. The number of nitro groups is 1. The maximum absolute atomic E-state index is 10.8. The second-order valence-corrected chi connectivity index (χ2v) is 4.33. The van der Waals surface area contributed by atoms with Crippen LogP contribution in [0.25, 0.3) is 10.6 Å². The van der Waals surface area contributed by atoms with Crippen molar-refractivity contribution >= 4 is 28.6 Å². The zero-order chi connectivity index (χ0) is 12.4. The minimum Gasteiger partial charge on any atom is -0.258 e. The Morgan fingerprint density at radius 3 is 2.88 bits per heavy atom. The fraction of sp³-hybridized carbons (Fsp3) is 0. The van der Waals surface area contributed by atoms with Crippen LogP contribution in [0.3, 0.4) is 0 Å². The van der Waals surface area contributed by atoms with E-state index in [1.165, 1.54) is 0 Å². The highest BCUT2D eigenvalue weighted by molar-refractivity contribution is 7.16. The highest BCUT2D eigenvalue weighted by atomic mass is 35.5. The molecule has 84 valence electrons. The number of aromatic nitrogens is 2. The van der Waals surface area contributed by atoms with Gasteiger partial charge >= 0.3 is 5.69 Å². The van der Waals surface area contributed by atoms with Crippen molar-refractivity contribution in [3.05, 3.63) is 38.6 Å². The average molecular weight is 267 g/mol. The molecule has 0 saturated heterocycles. The van der Waals surface area contributed by atoms with Crippen LogP contribution in [0.2, 0.25) is 5.28 Å². The monoisotopic (exact) mass is 266 g/mol. The topological polar surface area (TPSA) is 92.7 Å². The summed E-state index contributed by atoms with van der Waals surface area (Å²) in [6, 6.07) is 5.11. The smallest absolute Gasteiger partial charge is 0.258 e. The van der Waals surface area contributed by atoms with Crippen molar-refractivity contribution in [2.24, 2.45) is 0 Å². The van der Waals surface area contributed by atoms with Gasteiger partial charge < -0.3 is 0 Å². The Kier molecular flexibility index (Phi) is 2.99. The molecule has 0 bridgehead atoms. The third-order valence-electron chi connectivity index (χ3n) is 1.89. The van der Waals surface area contributed by atoms with Crippen molar-refractivity contribution in [2.45, 2.75) is 0 Å². The molecule has 2 heterocycles. The van der Waals surface area contributed by atoms with Gasteiger partial charge in [-0.25, -0.2) is 9.97 Å². The molecule has 0 unspecified atom stereocenters. The summed E-state index contributed by atoms with van der Waals surface area (Å²) in [5.41, 5.74) is -0.109. The molecule has 6 nitrogen and oxygen atoms in total. The van der Waals surface area contributed by atoms with E-state index in [9.17, 15) is 10.1 Å². The minimum atomic E-state index is -0.586. The summed E-state index contributed by atoms with van der Waals surface area (Å²) < 4.78 is 0. The van der Waals surface area contributed by atoms with Gasteiger partial charge in [0.25, 0.3) is 0 Å². The van der Waals surface area contributed by atoms with E-state index < -0.39 is 4.92 Å². The van der Waals surface area contributed by atoms with Crippen LogP contribution in [0.4, 0.5) is 5.69 Å². The van der Waals surface area contributed by atoms with Gasteiger partial charge in [-0.2, -0.15) is 5.26 Å². The van der Waals surface area contributed by atoms with Crippen LogP contribution >= 0.6 is 22.9 Å². The molecule has 0 aromatic carbocycles. The normalized spacial score (nSPS) is 9.88. The molecular weight excluding hydrogens is 264 g/mol. The number of thiophene rings is 1. The highest BCUT2D eigenvalue weighted by Gasteiger charge is 2.19. The van der Waals surface area contributed by atoms with E-state index in [-0.39, 0.29) is 16.7 Å². The van der Waals surface area contributed by atoms with Gasteiger partial charge in [-0.3, -0.25) is 10.1 Å². The first-order valence-corrected chi connectivity index (χ1v) is 5.48. The van der Waals surface area contributed by atoms with Crippen LogP contribution in [0, 0.1) is 21.4 Å². The molecule has 0 fully saturated rings. The quantitative estimate of drug-likeness (QED) is 0.473. The van der Waals surface area contributed by atoms with E-state index in [4.69, 9.17) is 16.9 Å². The SMILES string of the molecule is N#Cc1ccc(-c2nc(Cl)ncc2[N+](=O)[O-])s1. The third-order valence-corrected chi connectivity index (χ3v) is 3.07. The van der Waals surface area contributed by atoms with E-state index in [0.29, 0.717) is 9.75 Å². The Hall–Kier alpha value is -2.04. The molecule has 0 spiro atoms. The van der Waals surface area contributed by atoms with Crippen molar-refractivity contribution in [3.8, 4) is 16.6 Å². The van der Waals surface area contributed by atoms with Gasteiger partial charge in [0.1, 0.15) is 17.1 Å². The number of halogens is 1. The first-order chi connectivity index (χ1) is 8.11. The summed E-state index contributed by atoms with van der Waals surface area (Å²) in [5.74, 6) is 0. The Labute approximate surface area is 104 Å². The van der Waals surface area contributed by atoms with Crippen LogP contribution in [0.1, 0.15) is 4.88 Å². The predicted molar refractivity (Wildman–Crippen MR) is 61.7 cm³/mol. The Morgan fingerprint density at radius 1 is 1.53 bits per heavy atom. The summed E-state index contributed by atoms with van der Waals surface area (Å²) in [6.45, 7) is 0. The minimum absolute atomic E-state index is 0.0718. The van der Waals surface area contributed by atoms with Gasteiger partial charge in [-0.15, -0.1) is 11.3 Å². The summed E-state index contributed by atoms with van der Waals surface area (Å²) >= 11 is 6.72. The van der Waals surface area contributed by atoms with Crippen LogP contribution < -0.4 is 0 Å². The van der Waals surface area contributed by atoms with E-state index >= 15 is 0 Å². The number of hydrogen-bond donors (Lipinski definition) is 0. The summed E-state index contributed by atoms with van der Waals surface area (Å²) in [5, 5.41) is 19.4. The molecule has 0 radical (unpaired) electrons. The van der Waals surface area contributed by atoms with E-state index in [1.54, 1.807) is 12.1 Å². The lowest BCUT2D eigenvalue weighted by Gasteiger charge is -1.98. The molecule has 2 aromatic heterocycles. The van der Waals surface area contributed by atoms with Crippen molar-refractivity contribution < 1.29 is 4.92 Å². The van der Waals surface area contributed by atoms with Gasteiger partial charge in [-0.05, 0) is 23.7 Å². The molecule has 0 saturated carbocycles. The zero-order valence-corrected chi connectivity index (χ0v) is 9.70. The van der Waals surface area contributed by atoms with Crippen LogP contribution in [-0.2, 0) is 0 Å². The average Bonchev–Trinajstić information content (AvgIpc) is 2.76. The van der Waals surface area contributed by atoms with E-state index in [2.05, 4.69) is 9.97 Å². The Balaban J connectivity index is 2.61. The van der Waals surface area contributed by atoms with Crippen molar-refractivity contribution in [1.29, 1.82) is 5.26 Å². The van der Waals surface area contributed by atoms with Crippen LogP contribution in [0.15, 0.2) is 18.3 Å². The largest absolute Gasteiger partial charge is 0.314 e. The van der Waals surface area contributed by atoms with Crippen molar-refractivity contribution in [1.82, 2.24) is 9.97 Å². The molecule has 2 aromatic rings. The lowest BCUT2D eigenvalue weighted by Crippen LogP contribution is -1.95. The van der Waals surface area contributed by atoms with Gasteiger partial charge in [0.15, 0.2) is 5.69 Å².